The van der Waals surface area contributed by atoms with E-state index in [9.17, 15) is 4.79 Å². The first-order valence-corrected chi connectivity index (χ1v) is 14.3. The Morgan fingerprint density at radius 3 is 2.72 bits per heavy atom. The molecule has 1 N–H and O–H groups in total. The van der Waals surface area contributed by atoms with E-state index in [-0.39, 0.29) is 11.4 Å². The number of ether oxygens (including phenoxy) is 1. The number of aryl methyl sites for hydroxylation is 1. The average Bonchev–Trinajstić information content (AvgIpc) is 3.52. The molecule has 0 saturated heterocycles. The lowest BCUT2D eigenvalue weighted by atomic mass is 10.1. The van der Waals surface area contributed by atoms with Crippen molar-refractivity contribution in [2.75, 3.05) is 6.61 Å². The van der Waals surface area contributed by atoms with Gasteiger partial charge in [-0.1, -0.05) is 72.4 Å². The third kappa shape index (κ3) is 5.41. The van der Waals surface area contributed by atoms with Crippen LogP contribution in [0.2, 0.25) is 0 Å². The summed E-state index contributed by atoms with van der Waals surface area (Å²) in [7, 11) is 0. The highest BCUT2D eigenvalue weighted by molar-refractivity contribution is 8.45. The van der Waals surface area contributed by atoms with Crippen molar-refractivity contribution in [2.45, 2.75) is 19.2 Å². The molecule has 4 aromatic rings. The fourth-order valence-corrected chi connectivity index (χ4v) is 6.33. The number of aliphatic imine (C=N–C) groups is 1. The van der Waals surface area contributed by atoms with E-state index in [0.29, 0.717) is 18.3 Å². The lowest BCUT2D eigenvalue weighted by molar-refractivity contribution is -0.114. The summed E-state index contributed by atoms with van der Waals surface area (Å²) in [5, 5.41) is 16.2. The number of carbonyl (C=O) groups excluding carboxylic acids is 1. The number of hydrogen-bond acceptors (Lipinski definition) is 6. The Kier molecular flexibility index (Phi) is 7.08. The second-order valence-electron chi connectivity index (χ2n) is 9.12. The Morgan fingerprint density at radius 1 is 1.05 bits per heavy atom. The van der Waals surface area contributed by atoms with Gasteiger partial charge in [-0.05, 0) is 54.1 Å². The number of nitrogens with zero attached hydrogens (tertiary/aromatic N) is 4. The standard InChI is InChI=1S/C30H25N5O2S2/c1-20-8-7-11-23(16-20)37-15-14-34-18-22(24-12-5-6-13-26(24)34)17-25-27(31)35-29(32-28(25)36)39-30(33-35)38-19-21-9-3-2-4-10-21/h2-13,16-18,31H,14-15,19H2,1H3/b25-17+,31-27?. The molecular formula is C30H25N5O2S2. The van der Waals surface area contributed by atoms with Crippen LogP contribution in [0.1, 0.15) is 16.7 Å². The monoisotopic (exact) mass is 551 g/mol. The maximum atomic E-state index is 13.0. The van der Waals surface area contributed by atoms with Gasteiger partial charge in [-0.3, -0.25) is 10.2 Å². The molecule has 0 atom stereocenters. The molecule has 0 aliphatic carbocycles. The Balaban J connectivity index is 1.22. The van der Waals surface area contributed by atoms with Gasteiger partial charge in [0, 0.05) is 28.4 Å². The van der Waals surface area contributed by atoms with Crippen LogP contribution in [0.15, 0.2) is 101 Å². The van der Waals surface area contributed by atoms with Crippen molar-refractivity contribution in [1.82, 2.24) is 9.58 Å². The zero-order valence-electron chi connectivity index (χ0n) is 21.2. The topological polar surface area (TPSA) is 83.0 Å². The molecule has 0 unspecified atom stereocenters. The van der Waals surface area contributed by atoms with E-state index in [1.54, 1.807) is 17.8 Å². The fourth-order valence-electron chi connectivity index (χ4n) is 4.45. The van der Waals surface area contributed by atoms with Gasteiger partial charge >= 0.3 is 0 Å². The van der Waals surface area contributed by atoms with Gasteiger partial charge in [-0.25, -0.2) is 0 Å². The van der Waals surface area contributed by atoms with Gasteiger partial charge in [-0.2, -0.15) is 10.0 Å². The fraction of sp³-hybridized carbons (Fsp3) is 0.133. The normalized spacial score (nSPS) is 16.0. The van der Waals surface area contributed by atoms with E-state index < -0.39 is 5.91 Å². The minimum absolute atomic E-state index is 0.0347. The molecule has 39 heavy (non-hydrogen) atoms. The van der Waals surface area contributed by atoms with Crippen LogP contribution in [-0.4, -0.2) is 37.5 Å². The molecule has 3 heterocycles. The van der Waals surface area contributed by atoms with Crippen molar-refractivity contribution in [3.05, 3.63) is 107 Å². The number of hydrazone groups is 1. The SMILES string of the molecule is Cc1cccc(OCCn2cc(/C=C3\C(=N)N4N=C(SCc5ccccc5)SC4=NC3=O)c3ccccc32)c1. The first-order chi connectivity index (χ1) is 19.0. The van der Waals surface area contributed by atoms with Crippen molar-refractivity contribution < 1.29 is 9.53 Å². The highest BCUT2D eigenvalue weighted by Gasteiger charge is 2.36. The minimum atomic E-state index is -0.428. The van der Waals surface area contributed by atoms with E-state index in [0.717, 1.165) is 37.9 Å². The molecule has 0 fully saturated rings. The number of thioether (sulfide) groups is 2. The molecule has 3 aromatic carbocycles. The second-order valence-corrected chi connectivity index (χ2v) is 11.3. The van der Waals surface area contributed by atoms with Crippen LogP contribution in [0.5, 0.6) is 5.75 Å². The van der Waals surface area contributed by atoms with Crippen molar-refractivity contribution in [2.24, 2.45) is 10.1 Å². The highest BCUT2D eigenvalue weighted by atomic mass is 32.2. The number of para-hydroxylation sites is 1. The molecular weight excluding hydrogens is 526 g/mol. The average molecular weight is 552 g/mol. The predicted octanol–water partition coefficient (Wildman–Crippen LogP) is 6.54. The second kappa shape index (κ2) is 11.0. The molecule has 0 radical (unpaired) electrons. The maximum absolute atomic E-state index is 13.0. The van der Waals surface area contributed by atoms with Gasteiger partial charge in [0.25, 0.3) is 5.91 Å². The Labute approximate surface area is 234 Å². The molecule has 6 rings (SSSR count). The quantitative estimate of drug-likeness (QED) is 0.264. The summed E-state index contributed by atoms with van der Waals surface area (Å²) in [6.45, 7) is 3.18. The number of hydrogen-bond donors (Lipinski definition) is 1. The largest absolute Gasteiger partial charge is 0.492 e. The molecule has 2 aliphatic heterocycles. The smallest absolute Gasteiger partial charge is 0.283 e. The molecule has 2 aliphatic rings. The third-order valence-electron chi connectivity index (χ3n) is 6.35. The van der Waals surface area contributed by atoms with Crippen LogP contribution >= 0.6 is 23.5 Å². The van der Waals surface area contributed by atoms with E-state index in [2.05, 4.69) is 26.8 Å². The van der Waals surface area contributed by atoms with E-state index in [1.807, 2.05) is 79.9 Å². The number of carbonyl (C=O) groups is 1. The van der Waals surface area contributed by atoms with Gasteiger partial charge in [0.1, 0.15) is 12.4 Å². The lowest BCUT2D eigenvalue weighted by Gasteiger charge is -2.20. The Hall–Kier alpha value is -4.08. The van der Waals surface area contributed by atoms with Crippen molar-refractivity contribution in [3.8, 4) is 5.75 Å². The Morgan fingerprint density at radius 2 is 1.87 bits per heavy atom. The number of aromatic nitrogens is 1. The number of fused-ring (bicyclic) bond motifs is 2. The summed E-state index contributed by atoms with van der Waals surface area (Å²) in [5.74, 6) is 1.20. The first-order valence-electron chi connectivity index (χ1n) is 12.5. The zero-order chi connectivity index (χ0) is 26.8. The number of benzene rings is 3. The van der Waals surface area contributed by atoms with E-state index >= 15 is 0 Å². The maximum Gasteiger partial charge on any atom is 0.283 e. The van der Waals surface area contributed by atoms with Crippen LogP contribution in [-0.2, 0) is 17.1 Å². The van der Waals surface area contributed by atoms with Crippen LogP contribution in [0.4, 0.5) is 0 Å². The van der Waals surface area contributed by atoms with Crippen LogP contribution in [0, 0.1) is 12.3 Å². The molecule has 0 saturated carbocycles. The van der Waals surface area contributed by atoms with Gasteiger partial charge in [0.15, 0.2) is 10.2 Å². The zero-order valence-corrected chi connectivity index (χ0v) is 22.8. The number of nitrogens with one attached hydrogen (secondary N) is 1. The summed E-state index contributed by atoms with van der Waals surface area (Å²) < 4.78 is 8.85. The summed E-state index contributed by atoms with van der Waals surface area (Å²) in [5.41, 5.74) is 4.44. The third-order valence-corrected chi connectivity index (χ3v) is 8.46. The first kappa shape index (κ1) is 25.2. The summed E-state index contributed by atoms with van der Waals surface area (Å²) in [6, 6.07) is 26.2. The molecule has 7 nitrogen and oxygen atoms in total. The summed E-state index contributed by atoms with van der Waals surface area (Å²) in [4.78, 5) is 17.3. The van der Waals surface area contributed by atoms with Crippen molar-refractivity contribution in [1.29, 1.82) is 5.41 Å². The van der Waals surface area contributed by atoms with Gasteiger partial charge in [0.2, 0.25) is 5.17 Å². The van der Waals surface area contributed by atoms with E-state index in [4.69, 9.17) is 10.1 Å². The Bertz CT molecular complexity index is 1670. The van der Waals surface area contributed by atoms with Gasteiger partial charge < -0.3 is 9.30 Å². The molecule has 1 amide bonds. The van der Waals surface area contributed by atoms with Gasteiger partial charge in [-0.15, -0.1) is 5.10 Å². The van der Waals surface area contributed by atoms with Crippen molar-refractivity contribution in [3.63, 3.8) is 0 Å². The predicted molar refractivity (Wildman–Crippen MR) is 161 cm³/mol. The van der Waals surface area contributed by atoms with Crippen LogP contribution < -0.4 is 4.74 Å². The number of amides is 1. The lowest BCUT2D eigenvalue weighted by Crippen LogP contribution is -2.35. The molecule has 9 heteroatoms. The molecule has 1 aromatic heterocycles. The summed E-state index contributed by atoms with van der Waals surface area (Å²) >= 11 is 2.90. The minimum Gasteiger partial charge on any atom is -0.492 e. The summed E-state index contributed by atoms with van der Waals surface area (Å²) in [6.07, 6.45) is 3.75. The van der Waals surface area contributed by atoms with Crippen LogP contribution in [0.3, 0.4) is 0 Å². The molecule has 194 valence electrons. The molecule has 0 spiro atoms. The molecule has 0 bridgehead atoms. The number of amidine groups is 2. The van der Waals surface area contributed by atoms with Gasteiger partial charge in [0.05, 0.1) is 12.1 Å². The van der Waals surface area contributed by atoms with E-state index in [1.165, 1.54) is 22.3 Å². The number of rotatable bonds is 7. The highest BCUT2D eigenvalue weighted by Crippen LogP contribution is 2.34. The van der Waals surface area contributed by atoms with Crippen LogP contribution in [0.25, 0.3) is 17.0 Å². The van der Waals surface area contributed by atoms with Crippen molar-refractivity contribution >= 4 is 61.8 Å².